The van der Waals surface area contributed by atoms with Gasteiger partial charge in [-0.3, -0.25) is 0 Å². The molecule has 17 heavy (non-hydrogen) atoms. The van der Waals surface area contributed by atoms with Crippen LogP contribution in [0.1, 0.15) is 16.7 Å². The molecule has 2 rings (SSSR count). The fourth-order valence-electron chi connectivity index (χ4n) is 1.66. The van der Waals surface area contributed by atoms with Crippen LogP contribution in [0.4, 0.5) is 0 Å². The number of hydrogen-bond acceptors (Lipinski definition) is 1. The van der Waals surface area contributed by atoms with E-state index in [1.165, 1.54) is 16.7 Å². The van der Waals surface area contributed by atoms with Crippen LogP contribution in [0.3, 0.4) is 0 Å². The standard InChI is InChI=1S/C15H16ClN/c1-12-2-4-13(5-3-12)10-17-11-14-6-8-15(16)9-7-14/h2-9,17H,10-11H2,1H3. The van der Waals surface area contributed by atoms with E-state index in [-0.39, 0.29) is 0 Å². The van der Waals surface area contributed by atoms with Crippen molar-refractivity contribution < 1.29 is 0 Å². The predicted molar refractivity (Wildman–Crippen MR) is 73.2 cm³/mol. The Bertz CT molecular complexity index is 414. The van der Waals surface area contributed by atoms with E-state index in [0.29, 0.717) is 0 Å². The van der Waals surface area contributed by atoms with Crippen LogP contribution >= 0.6 is 11.6 Å². The zero-order valence-electron chi connectivity index (χ0n) is 9.91. The smallest absolute Gasteiger partial charge is 0.0406 e. The fourth-order valence-corrected chi connectivity index (χ4v) is 1.79. The quantitative estimate of drug-likeness (QED) is 0.861. The zero-order chi connectivity index (χ0) is 12.1. The second-order valence-corrected chi connectivity index (χ2v) is 4.65. The van der Waals surface area contributed by atoms with E-state index >= 15 is 0 Å². The highest BCUT2D eigenvalue weighted by atomic mass is 35.5. The van der Waals surface area contributed by atoms with Gasteiger partial charge in [-0.05, 0) is 30.2 Å². The highest BCUT2D eigenvalue weighted by Crippen LogP contribution is 2.09. The summed E-state index contributed by atoms with van der Waals surface area (Å²) in [6.45, 7) is 3.86. The Morgan fingerprint density at radius 2 is 1.29 bits per heavy atom. The number of rotatable bonds is 4. The van der Waals surface area contributed by atoms with Gasteiger partial charge < -0.3 is 5.32 Å². The Kier molecular flexibility index (Phi) is 4.18. The average molecular weight is 246 g/mol. The molecule has 0 radical (unpaired) electrons. The van der Waals surface area contributed by atoms with E-state index in [2.05, 4.69) is 36.5 Å². The topological polar surface area (TPSA) is 12.0 Å². The summed E-state index contributed by atoms with van der Waals surface area (Å²) >= 11 is 5.84. The van der Waals surface area contributed by atoms with Gasteiger partial charge in [-0.25, -0.2) is 0 Å². The van der Waals surface area contributed by atoms with Crippen molar-refractivity contribution in [1.82, 2.24) is 5.32 Å². The lowest BCUT2D eigenvalue weighted by atomic mass is 10.1. The number of halogens is 1. The van der Waals surface area contributed by atoms with Crippen molar-refractivity contribution in [2.75, 3.05) is 0 Å². The summed E-state index contributed by atoms with van der Waals surface area (Å²) in [6.07, 6.45) is 0. The molecule has 1 N–H and O–H groups in total. The number of nitrogens with one attached hydrogen (secondary N) is 1. The maximum Gasteiger partial charge on any atom is 0.0406 e. The molecule has 0 spiro atoms. The lowest BCUT2D eigenvalue weighted by Gasteiger charge is -2.05. The largest absolute Gasteiger partial charge is 0.309 e. The molecule has 0 saturated heterocycles. The molecule has 2 aromatic carbocycles. The molecule has 0 bridgehead atoms. The van der Waals surface area contributed by atoms with Gasteiger partial charge in [0.25, 0.3) is 0 Å². The number of hydrogen-bond donors (Lipinski definition) is 1. The SMILES string of the molecule is Cc1ccc(CNCc2ccc(Cl)cc2)cc1. The maximum absolute atomic E-state index is 5.84. The van der Waals surface area contributed by atoms with Crippen molar-refractivity contribution in [1.29, 1.82) is 0 Å². The minimum Gasteiger partial charge on any atom is -0.309 e. The molecule has 0 unspecified atom stereocenters. The molecule has 88 valence electrons. The van der Waals surface area contributed by atoms with E-state index in [1.54, 1.807) is 0 Å². The summed E-state index contributed by atoms with van der Waals surface area (Å²) in [7, 11) is 0. The van der Waals surface area contributed by atoms with Gasteiger partial charge in [-0.2, -0.15) is 0 Å². The van der Waals surface area contributed by atoms with Crippen molar-refractivity contribution in [3.8, 4) is 0 Å². The van der Waals surface area contributed by atoms with E-state index < -0.39 is 0 Å². The summed E-state index contributed by atoms with van der Waals surface area (Å²) in [5.74, 6) is 0. The molecule has 0 aromatic heterocycles. The van der Waals surface area contributed by atoms with E-state index in [0.717, 1.165) is 18.1 Å². The molecular weight excluding hydrogens is 230 g/mol. The summed E-state index contributed by atoms with van der Waals surface area (Å²) in [5.41, 5.74) is 3.86. The third kappa shape index (κ3) is 3.88. The van der Waals surface area contributed by atoms with Crippen molar-refractivity contribution in [3.05, 3.63) is 70.2 Å². The van der Waals surface area contributed by atoms with Crippen LogP contribution in [0.25, 0.3) is 0 Å². The van der Waals surface area contributed by atoms with Gasteiger partial charge in [0.05, 0.1) is 0 Å². The molecular formula is C15H16ClN. The van der Waals surface area contributed by atoms with E-state index in [1.807, 2.05) is 24.3 Å². The van der Waals surface area contributed by atoms with Crippen LogP contribution in [0.5, 0.6) is 0 Å². The van der Waals surface area contributed by atoms with Crippen LogP contribution < -0.4 is 5.32 Å². The Labute approximate surface area is 107 Å². The molecule has 0 atom stereocenters. The lowest BCUT2D eigenvalue weighted by Crippen LogP contribution is -2.12. The van der Waals surface area contributed by atoms with Crippen LogP contribution in [-0.4, -0.2) is 0 Å². The van der Waals surface area contributed by atoms with Crippen LogP contribution in [0.15, 0.2) is 48.5 Å². The summed E-state index contributed by atoms with van der Waals surface area (Å²) < 4.78 is 0. The molecule has 0 aliphatic heterocycles. The molecule has 1 nitrogen and oxygen atoms in total. The van der Waals surface area contributed by atoms with Crippen molar-refractivity contribution in [2.45, 2.75) is 20.0 Å². The summed E-state index contributed by atoms with van der Waals surface area (Å²) in [4.78, 5) is 0. The maximum atomic E-state index is 5.84. The molecule has 0 aliphatic rings. The van der Waals surface area contributed by atoms with Gasteiger partial charge in [-0.1, -0.05) is 53.6 Å². The molecule has 0 aliphatic carbocycles. The first kappa shape index (κ1) is 12.2. The normalized spacial score (nSPS) is 10.5. The number of benzene rings is 2. The van der Waals surface area contributed by atoms with Gasteiger partial charge in [0.2, 0.25) is 0 Å². The lowest BCUT2D eigenvalue weighted by molar-refractivity contribution is 0.693. The van der Waals surface area contributed by atoms with Gasteiger partial charge in [-0.15, -0.1) is 0 Å². The van der Waals surface area contributed by atoms with Gasteiger partial charge >= 0.3 is 0 Å². The third-order valence-electron chi connectivity index (χ3n) is 2.69. The van der Waals surface area contributed by atoms with Gasteiger partial charge in [0, 0.05) is 18.1 Å². The Balaban J connectivity index is 1.83. The van der Waals surface area contributed by atoms with Crippen molar-refractivity contribution >= 4 is 11.6 Å². The van der Waals surface area contributed by atoms with Crippen molar-refractivity contribution in [2.24, 2.45) is 0 Å². The fraction of sp³-hybridized carbons (Fsp3) is 0.200. The minimum atomic E-state index is 0.785. The zero-order valence-corrected chi connectivity index (χ0v) is 10.7. The second kappa shape index (κ2) is 5.85. The molecule has 0 heterocycles. The predicted octanol–water partition coefficient (Wildman–Crippen LogP) is 3.94. The average Bonchev–Trinajstić information content (AvgIpc) is 2.34. The van der Waals surface area contributed by atoms with Crippen LogP contribution in [0.2, 0.25) is 5.02 Å². The van der Waals surface area contributed by atoms with Crippen LogP contribution in [-0.2, 0) is 13.1 Å². The molecule has 2 heteroatoms. The molecule has 0 amide bonds. The Morgan fingerprint density at radius 1 is 0.824 bits per heavy atom. The van der Waals surface area contributed by atoms with Crippen LogP contribution in [0, 0.1) is 6.92 Å². The first-order chi connectivity index (χ1) is 8.24. The minimum absolute atomic E-state index is 0.785. The molecule has 2 aromatic rings. The van der Waals surface area contributed by atoms with Gasteiger partial charge in [0.1, 0.15) is 0 Å². The number of aryl methyl sites for hydroxylation is 1. The summed E-state index contributed by atoms with van der Waals surface area (Å²) in [5, 5.41) is 4.20. The Morgan fingerprint density at radius 3 is 1.82 bits per heavy atom. The molecule has 0 fully saturated rings. The highest BCUT2D eigenvalue weighted by molar-refractivity contribution is 6.30. The monoisotopic (exact) mass is 245 g/mol. The second-order valence-electron chi connectivity index (χ2n) is 4.22. The first-order valence-electron chi connectivity index (χ1n) is 5.75. The third-order valence-corrected chi connectivity index (χ3v) is 2.94. The molecule has 0 saturated carbocycles. The van der Waals surface area contributed by atoms with Crippen molar-refractivity contribution in [3.63, 3.8) is 0 Å². The summed E-state index contributed by atoms with van der Waals surface area (Å²) in [6, 6.07) is 16.5. The van der Waals surface area contributed by atoms with E-state index in [9.17, 15) is 0 Å². The van der Waals surface area contributed by atoms with Gasteiger partial charge in [0.15, 0.2) is 0 Å². The first-order valence-corrected chi connectivity index (χ1v) is 6.12. The highest BCUT2D eigenvalue weighted by Gasteiger charge is 1.94. The van der Waals surface area contributed by atoms with E-state index in [4.69, 9.17) is 11.6 Å². The Hall–Kier alpha value is -1.31.